The van der Waals surface area contributed by atoms with Crippen molar-refractivity contribution in [1.82, 2.24) is 15.2 Å². The van der Waals surface area contributed by atoms with Crippen LogP contribution in [0.2, 0.25) is 5.02 Å². The average Bonchev–Trinajstić information content (AvgIpc) is 3.10. The molecule has 1 aliphatic heterocycles. The highest BCUT2D eigenvalue weighted by atomic mass is 35.5. The molecule has 1 fully saturated rings. The van der Waals surface area contributed by atoms with E-state index in [1.807, 2.05) is 37.3 Å². The Bertz CT molecular complexity index is 775. The van der Waals surface area contributed by atoms with E-state index in [1.54, 1.807) is 17.2 Å². The van der Waals surface area contributed by atoms with Gasteiger partial charge in [-0.3, -0.25) is 14.6 Å². The number of pyridine rings is 1. The van der Waals surface area contributed by atoms with E-state index < -0.39 is 0 Å². The monoisotopic (exact) mass is 371 g/mol. The highest BCUT2D eigenvalue weighted by Gasteiger charge is 2.27. The van der Waals surface area contributed by atoms with Crippen molar-refractivity contribution >= 4 is 23.4 Å². The Balaban J connectivity index is 1.46. The molecule has 0 spiro atoms. The molecule has 0 saturated carbocycles. The van der Waals surface area contributed by atoms with Gasteiger partial charge in [-0.2, -0.15) is 0 Å². The van der Waals surface area contributed by atoms with E-state index in [0.29, 0.717) is 36.5 Å². The molecule has 1 N–H and O–H groups in total. The summed E-state index contributed by atoms with van der Waals surface area (Å²) in [5.41, 5.74) is 2.55. The molecule has 0 radical (unpaired) electrons. The molecule has 6 heteroatoms. The summed E-state index contributed by atoms with van der Waals surface area (Å²) in [6, 6.07) is 11.2. The molecule has 2 heterocycles. The Morgan fingerprint density at radius 1 is 1.23 bits per heavy atom. The molecular weight excluding hydrogens is 350 g/mol. The maximum Gasteiger partial charge on any atom is 0.255 e. The molecule has 1 saturated heterocycles. The van der Waals surface area contributed by atoms with Crippen molar-refractivity contribution in [3.63, 3.8) is 0 Å². The van der Waals surface area contributed by atoms with E-state index in [2.05, 4.69) is 10.3 Å². The molecule has 1 atom stereocenters. The predicted molar refractivity (Wildman–Crippen MR) is 101 cm³/mol. The Hall–Kier alpha value is -2.40. The molecule has 1 aliphatic rings. The van der Waals surface area contributed by atoms with E-state index in [0.717, 1.165) is 17.7 Å². The predicted octanol–water partition coefficient (Wildman–Crippen LogP) is 3.01. The number of hydrogen-bond donors (Lipinski definition) is 1. The standard InChI is InChI=1S/C20H22ClN3O2/c1-14-2-6-16(12-22-14)20(26)24-11-10-18(13-24)23-19(25)9-5-15-3-7-17(21)8-4-15/h2-4,6-8,12,18H,5,9-11,13H2,1H3,(H,23,25)/t18-/m1/s1. The van der Waals surface area contributed by atoms with E-state index in [9.17, 15) is 9.59 Å². The quantitative estimate of drug-likeness (QED) is 0.878. The molecule has 0 bridgehead atoms. The zero-order valence-electron chi connectivity index (χ0n) is 14.7. The van der Waals surface area contributed by atoms with Gasteiger partial charge in [-0.1, -0.05) is 23.7 Å². The second-order valence-electron chi connectivity index (χ2n) is 6.62. The minimum absolute atomic E-state index is 0.00933. The van der Waals surface area contributed by atoms with Gasteiger partial charge in [-0.25, -0.2) is 0 Å². The first-order valence-corrected chi connectivity index (χ1v) is 9.15. The summed E-state index contributed by atoms with van der Waals surface area (Å²) in [4.78, 5) is 30.6. The first kappa shape index (κ1) is 18.4. The lowest BCUT2D eigenvalue weighted by Crippen LogP contribution is -2.38. The topological polar surface area (TPSA) is 62.3 Å². The van der Waals surface area contributed by atoms with Gasteiger partial charge in [-0.15, -0.1) is 0 Å². The maximum atomic E-state index is 12.5. The second kappa shape index (κ2) is 8.32. The number of amides is 2. The van der Waals surface area contributed by atoms with E-state index in [4.69, 9.17) is 11.6 Å². The lowest BCUT2D eigenvalue weighted by molar-refractivity contribution is -0.121. The number of aromatic nitrogens is 1. The number of carbonyl (C=O) groups is 2. The van der Waals surface area contributed by atoms with Crippen LogP contribution < -0.4 is 5.32 Å². The van der Waals surface area contributed by atoms with Gasteiger partial charge in [0, 0.05) is 42.5 Å². The van der Waals surface area contributed by atoms with Crippen LogP contribution >= 0.6 is 11.6 Å². The van der Waals surface area contributed by atoms with Crippen molar-refractivity contribution < 1.29 is 9.59 Å². The highest BCUT2D eigenvalue weighted by Crippen LogP contribution is 2.15. The molecule has 5 nitrogen and oxygen atoms in total. The number of aryl methyl sites for hydroxylation is 2. The molecule has 2 aromatic rings. The van der Waals surface area contributed by atoms with E-state index >= 15 is 0 Å². The van der Waals surface area contributed by atoms with Crippen molar-refractivity contribution in [3.8, 4) is 0 Å². The van der Waals surface area contributed by atoms with Gasteiger partial charge < -0.3 is 10.2 Å². The number of benzene rings is 1. The van der Waals surface area contributed by atoms with Crippen molar-refractivity contribution in [2.24, 2.45) is 0 Å². The van der Waals surface area contributed by atoms with Gasteiger partial charge in [0.05, 0.1) is 5.56 Å². The van der Waals surface area contributed by atoms with Crippen molar-refractivity contribution in [2.45, 2.75) is 32.2 Å². The van der Waals surface area contributed by atoms with Gasteiger partial charge >= 0.3 is 0 Å². The molecule has 1 aromatic heterocycles. The lowest BCUT2D eigenvalue weighted by atomic mass is 10.1. The normalized spacial score (nSPS) is 16.5. The third-order valence-electron chi connectivity index (χ3n) is 4.55. The largest absolute Gasteiger partial charge is 0.352 e. The first-order valence-electron chi connectivity index (χ1n) is 8.77. The van der Waals surface area contributed by atoms with Gasteiger partial charge in [0.1, 0.15) is 0 Å². The molecule has 2 amide bonds. The van der Waals surface area contributed by atoms with Crippen LogP contribution in [0.25, 0.3) is 0 Å². The summed E-state index contributed by atoms with van der Waals surface area (Å²) < 4.78 is 0. The third kappa shape index (κ3) is 4.82. The molecule has 3 rings (SSSR count). The van der Waals surface area contributed by atoms with Crippen LogP contribution in [0, 0.1) is 6.92 Å². The fourth-order valence-electron chi connectivity index (χ4n) is 3.05. The van der Waals surface area contributed by atoms with Crippen molar-refractivity contribution in [2.75, 3.05) is 13.1 Å². The number of halogens is 1. The zero-order valence-corrected chi connectivity index (χ0v) is 15.5. The SMILES string of the molecule is Cc1ccc(C(=O)N2CC[C@@H](NC(=O)CCc3ccc(Cl)cc3)C2)cn1. The smallest absolute Gasteiger partial charge is 0.255 e. The summed E-state index contributed by atoms with van der Waals surface area (Å²) in [5.74, 6) is -0.0216. The summed E-state index contributed by atoms with van der Waals surface area (Å²) in [5, 5.41) is 3.72. The third-order valence-corrected chi connectivity index (χ3v) is 4.80. The minimum Gasteiger partial charge on any atom is -0.352 e. The molecule has 26 heavy (non-hydrogen) atoms. The van der Waals surface area contributed by atoms with Gasteiger partial charge in [0.25, 0.3) is 5.91 Å². The number of hydrogen-bond acceptors (Lipinski definition) is 3. The molecule has 0 aliphatic carbocycles. The van der Waals surface area contributed by atoms with Gasteiger partial charge in [0.15, 0.2) is 0 Å². The van der Waals surface area contributed by atoms with E-state index in [1.165, 1.54) is 0 Å². The van der Waals surface area contributed by atoms with Crippen LogP contribution in [-0.4, -0.2) is 40.8 Å². The van der Waals surface area contributed by atoms with Crippen molar-refractivity contribution in [3.05, 3.63) is 64.4 Å². The minimum atomic E-state index is -0.0320. The Kier molecular flexibility index (Phi) is 5.89. The Morgan fingerprint density at radius 3 is 2.69 bits per heavy atom. The zero-order chi connectivity index (χ0) is 18.5. The Morgan fingerprint density at radius 2 is 2.00 bits per heavy atom. The number of likely N-dealkylation sites (tertiary alicyclic amines) is 1. The fraction of sp³-hybridized carbons (Fsp3) is 0.350. The molecule has 0 unspecified atom stereocenters. The maximum absolute atomic E-state index is 12.5. The summed E-state index contributed by atoms with van der Waals surface area (Å²) >= 11 is 5.86. The summed E-state index contributed by atoms with van der Waals surface area (Å²) in [6.07, 6.45) is 3.48. The lowest BCUT2D eigenvalue weighted by Gasteiger charge is -2.17. The van der Waals surface area contributed by atoms with Crippen LogP contribution in [0.3, 0.4) is 0 Å². The Labute approximate surface area is 158 Å². The first-order chi connectivity index (χ1) is 12.5. The number of nitrogens with zero attached hydrogens (tertiary/aromatic N) is 2. The average molecular weight is 372 g/mol. The van der Waals surface area contributed by atoms with Crippen LogP contribution in [0.4, 0.5) is 0 Å². The van der Waals surface area contributed by atoms with Crippen molar-refractivity contribution in [1.29, 1.82) is 0 Å². The number of rotatable bonds is 5. The van der Waals surface area contributed by atoms with Gasteiger partial charge in [-0.05, 0) is 49.6 Å². The summed E-state index contributed by atoms with van der Waals surface area (Å²) in [6.45, 7) is 3.08. The molecule has 1 aromatic carbocycles. The molecular formula is C20H22ClN3O2. The van der Waals surface area contributed by atoms with Gasteiger partial charge in [0.2, 0.25) is 5.91 Å². The van der Waals surface area contributed by atoms with E-state index in [-0.39, 0.29) is 17.9 Å². The van der Waals surface area contributed by atoms with Crippen LogP contribution in [0.15, 0.2) is 42.6 Å². The summed E-state index contributed by atoms with van der Waals surface area (Å²) in [7, 11) is 0. The number of carbonyl (C=O) groups excluding carboxylic acids is 2. The van der Waals surface area contributed by atoms with Crippen LogP contribution in [0.5, 0.6) is 0 Å². The second-order valence-corrected chi connectivity index (χ2v) is 7.06. The fourth-order valence-corrected chi connectivity index (χ4v) is 3.17. The van der Waals surface area contributed by atoms with Crippen LogP contribution in [0.1, 0.15) is 34.5 Å². The molecule has 136 valence electrons. The highest BCUT2D eigenvalue weighted by molar-refractivity contribution is 6.30. The number of nitrogens with one attached hydrogen (secondary N) is 1. The van der Waals surface area contributed by atoms with Crippen LogP contribution in [-0.2, 0) is 11.2 Å².